The molecule has 0 aliphatic carbocycles. The number of carbonyl (C=O) groups is 1. The normalized spacial score (nSPS) is 10.8. The average Bonchev–Trinajstić information content (AvgIpc) is 2.72. The molecule has 0 aliphatic rings. The first-order chi connectivity index (χ1) is 8.70. The quantitative estimate of drug-likeness (QED) is 0.855. The van der Waals surface area contributed by atoms with E-state index in [0.29, 0.717) is 13.0 Å². The number of aromatic nitrogens is 1. The molecule has 0 fully saturated rings. The fourth-order valence-electron chi connectivity index (χ4n) is 2.02. The lowest BCUT2D eigenvalue weighted by Crippen LogP contribution is -2.25. The molecule has 0 aliphatic heterocycles. The summed E-state index contributed by atoms with van der Waals surface area (Å²) in [5.74, 6) is 0.125. The van der Waals surface area contributed by atoms with Crippen LogP contribution in [0, 0.1) is 0 Å². The lowest BCUT2D eigenvalue weighted by Gasteiger charge is -2.03. The van der Waals surface area contributed by atoms with Gasteiger partial charge in [0.15, 0.2) is 0 Å². The second-order valence-corrected chi connectivity index (χ2v) is 4.79. The van der Waals surface area contributed by atoms with Gasteiger partial charge in [-0.05, 0) is 30.5 Å². The number of benzene rings is 1. The molecule has 0 radical (unpaired) electrons. The zero-order chi connectivity index (χ0) is 13.0. The number of H-pyrrole nitrogens is 1. The summed E-state index contributed by atoms with van der Waals surface area (Å²) in [4.78, 5) is 14.5. The van der Waals surface area contributed by atoms with Crippen molar-refractivity contribution in [3.63, 3.8) is 0 Å². The van der Waals surface area contributed by atoms with Crippen molar-refractivity contribution in [3.05, 3.63) is 35.0 Å². The van der Waals surface area contributed by atoms with Crippen LogP contribution in [0.15, 0.2) is 24.4 Å². The third-order valence-electron chi connectivity index (χ3n) is 2.92. The number of hydrogen-bond donors (Lipinski definition) is 2. The standard InChI is InChI=1S/C14H17ClN2O/c1-2-3-14(18)16-7-6-10-9-17-13-8-11(15)4-5-12(10)13/h4-5,8-9,17H,2-3,6-7H2,1H3,(H,16,18). The number of rotatable bonds is 5. The summed E-state index contributed by atoms with van der Waals surface area (Å²) in [6.45, 7) is 2.68. The van der Waals surface area contributed by atoms with E-state index in [9.17, 15) is 4.79 Å². The van der Waals surface area contributed by atoms with Crippen molar-refractivity contribution >= 4 is 28.4 Å². The van der Waals surface area contributed by atoms with E-state index in [4.69, 9.17) is 11.6 Å². The Morgan fingerprint density at radius 3 is 3.06 bits per heavy atom. The first-order valence-corrected chi connectivity index (χ1v) is 6.60. The molecule has 0 saturated heterocycles. The van der Waals surface area contributed by atoms with Gasteiger partial charge in [0.2, 0.25) is 5.91 Å². The molecule has 1 heterocycles. The Bertz CT molecular complexity index is 548. The summed E-state index contributed by atoms with van der Waals surface area (Å²) in [6.07, 6.45) is 4.30. The minimum absolute atomic E-state index is 0.125. The zero-order valence-corrected chi connectivity index (χ0v) is 11.2. The Labute approximate surface area is 112 Å². The third-order valence-corrected chi connectivity index (χ3v) is 3.16. The smallest absolute Gasteiger partial charge is 0.219 e. The van der Waals surface area contributed by atoms with Crippen molar-refractivity contribution < 1.29 is 4.79 Å². The highest BCUT2D eigenvalue weighted by Gasteiger charge is 2.05. The number of hydrogen-bond acceptors (Lipinski definition) is 1. The Balaban J connectivity index is 1.98. The van der Waals surface area contributed by atoms with E-state index in [1.807, 2.05) is 31.3 Å². The Morgan fingerprint density at radius 2 is 2.28 bits per heavy atom. The highest BCUT2D eigenvalue weighted by molar-refractivity contribution is 6.31. The van der Waals surface area contributed by atoms with Gasteiger partial charge in [-0.3, -0.25) is 4.79 Å². The molecular weight excluding hydrogens is 248 g/mol. The molecule has 2 N–H and O–H groups in total. The Morgan fingerprint density at radius 1 is 1.44 bits per heavy atom. The fraction of sp³-hybridized carbons (Fsp3) is 0.357. The van der Waals surface area contributed by atoms with Gasteiger partial charge in [0, 0.05) is 35.1 Å². The van der Waals surface area contributed by atoms with Crippen LogP contribution in [-0.4, -0.2) is 17.4 Å². The highest BCUT2D eigenvalue weighted by Crippen LogP contribution is 2.22. The molecule has 1 amide bonds. The average molecular weight is 265 g/mol. The van der Waals surface area contributed by atoms with Gasteiger partial charge >= 0.3 is 0 Å². The molecule has 3 nitrogen and oxygen atoms in total. The molecule has 2 aromatic rings. The van der Waals surface area contributed by atoms with Crippen molar-refractivity contribution in [2.75, 3.05) is 6.54 Å². The molecule has 0 unspecified atom stereocenters. The van der Waals surface area contributed by atoms with Gasteiger partial charge in [-0.1, -0.05) is 24.6 Å². The number of carbonyl (C=O) groups excluding carboxylic acids is 1. The second-order valence-electron chi connectivity index (χ2n) is 4.35. The van der Waals surface area contributed by atoms with Crippen molar-refractivity contribution in [2.24, 2.45) is 0 Å². The second kappa shape index (κ2) is 5.91. The minimum Gasteiger partial charge on any atom is -0.361 e. The molecule has 1 aromatic heterocycles. The lowest BCUT2D eigenvalue weighted by atomic mass is 10.1. The predicted molar refractivity (Wildman–Crippen MR) is 74.9 cm³/mol. The topological polar surface area (TPSA) is 44.9 Å². The molecule has 0 saturated carbocycles. The van der Waals surface area contributed by atoms with Crippen molar-refractivity contribution in [1.82, 2.24) is 10.3 Å². The van der Waals surface area contributed by atoms with Crippen LogP contribution < -0.4 is 5.32 Å². The first kappa shape index (κ1) is 13.0. The van der Waals surface area contributed by atoms with Crippen molar-refractivity contribution in [2.45, 2.75) is 26.2 Å². The molecule has 0 atom stereocenters. The van der Waals surface area contributed by atoms with Crippen LogP contribution in [0.4, 0.5) is 0 Å². The maximum atomic E-state index is 11.3. The van der Waals surface area contributed by atoms with Gasteiger partial charge < -0.3 is 10.3 Å². The summed E-state index contributed by atoms with van der Waals surface area (Å²) >= 11 is 5.93. The Hall–Kier alpha value is -1.48. The lowest BCUT2D eigenvalue weighted by molar-refractivity contribution is -0.121. The number of fused-ring (bicyclic) bond motifs is 1. The van der Waals surface area contributed by atoms with Gasteiger partial charge in [-0.2, -0.15) is 0 Å². The van der Waals surface area contributed by atoms with Crippen LogP contribution in [0.2, 0.25) is 5.02 Å². The van der Waals surface area contributed by atoms with E-state index in [0.717, 1.165) is 23.4 Å². The first-order valence-electron chi connectivity index (χ1n) is 6.23. The maximum Gasteiger partial charge on any atom is 0.219 e. The van der Waals surface area contributed by atoms with E-state index in [1.54, 1.807) is 0 Å². The van der Waals surface area contributed by atoms with Gasteiger partial charge in [-0.15, -0.1) is 0 Å². The SMILES string of the molecule is CCCC(=O)NCCc1c[nH]c2cc(Cl)ccc12. The van der Waals surface area contributed by atoms with E-state index in [-0.39, 0.29) is 5.91 Å². The summed E-state index contributed by atoms with van der Waals surface area (Å²) in [5.41, 5.74) is 2.25. The van der Waals surface area contributed by atoms with Crippen LogP contribution in [0.3, 0.4) is 0 Å². The summed E-state index contributed by atoms with van der Waals surface area (Å²) < 4.78 is 0. The number of nitrogens with one attached hydrogen (secondary N) is 2. The summed E-state index contributed by atoms with van der Waals surface area (Å²) in [6, 6.07) is 5.81. The summed E-state index contributed by atoms with van der Waals surface area (Å²) in [7, 11) is 0. The third kappa shape index (κ3) is 3.05. The van der Waals surface area contributed by atoms with Crippen molar-refractivity contribution in [1.29, 1.82) is 0 Å². The van der Waals surface area contributed by atoms with Crippen LogP contribution in [-0.2, 0) is 11.2 Å². The number of amides is 1. The monoisotopic (exact) mass is 264 g/mol. The molecule has 2 rings (SSSR count). The van der Waals surface area contributed by atoms with Crippen LogP contribution in [0.25, 0.3) is 10.9 Å². The minimum atomic E-state index is 0.125. The molecule has 4 heteroatoms. The van der Waals surface area contributed by atoms with Gasteiger partial charge in [-0.25, -0.2) is 0 Å². The van der Waals surface area contributed by atoms with E-state index in [1.165, 1.54) is 10.9 Å². The highest BCUT2D eigenvalue weighted by atomic mass is 35.5. The molecule has 0 spiro atoms. The molecule has 18 heavy (non-hydrogen) atoms. The molecule has 96 valence electrons. The van der Waals surface area contributed by atoms with Gasteiger partial charge in [0.1, 0.15) is 0 Å². The van der Waals surface area contributed by atoms with Crippen molar-refractivity contribution in [3.8, 4) is 0 Å². The number of aromatic amines is 1. The molecule has 0 bridgehead atoms. The Kier molecular flexibility index (Phi) is 4.26. The fourth-order valence-corrected chi connectivity index (χ4v) is 2.19. The predicted octanol–water partition coefficient (Wildman–Crippen LogP) is 3.28. The molecule has 1 aromatic carbocycles. The zero-order valence-electron chi connectivity index (χ0n) is 10.4. The van der Waals surface area contributed by atoms with Gasteiger partial charge in [0.05, 0.1) is 0 Å². The van der Waals surface area contributed by atoms with E-state index in [2.05, 4.69) is 10.3 Å². The molecular formula is C14H17ClN2O. The van der Waals surface area contributed by atoms with Crippen LogP contribution in [0.1, 0.15) is 25.3 Å². The van der Waals surface area contributed by atoms with Crippen LogP contribution in [0.5, 0.6) is 0 Å². The van der Waals surface area contributed by atoms with E-state index < -0.39 is 0 Å². The number of halogens is 1. The van der Waals surface area contributed by atoms with Gasteiger partial charge in [0.25, 0.3) is 0 Å². The summed E-state index contributed by atoms with van der Waals surface area (Å²) in [5, 5.41) is 4.82. The van der Waals surface area contributed by atoms with E-state index >= 15 is 0 Å². The maximum absolute atomic E-state index is 11.3. The largest absolute Gasteiger partial charge is 0.361 e. The van der Waals surface area contributed by atoms with Crippen LogP contribution >= 0.6 is 11.6 Å².